The second-order valence-corrected chi connectivity index (χ2v) is 12.7. The first-order chi connectivity index (χ1) is 24.8. The maximum absolute atomic E-state index is 12.5. The van der Waals surface area contributed by atoms with Crippen LogP contribution in [0.15, 0.2) is 140 Å². The molecule has 8 rings (SSSR count). The van der Waals surface area contributed by atoms with E-state index < -0.39 is 0 Å². The number of imidazole rings is 2. The maximum Gasteiger partial charge on any atom is 0.255 e. The van der Waals surface area contributed by atoms with Crippen LogP contribution in [0.2, 0.25) is 15.1 Å². The summed E-state index contributed by atoms with van der Waals surface area (Å²) in [4.78, 5) is 40.6. The van der Waals surface area contributed by atoms with Gasteiger partial charge < -0.3 is 20.6 Å². The number of nitrogens with zero attached hydrogens (tertiary/aromatic N) is 2. The first-order valence-corrected chi connectivity index (χ1v) is 16.9. The fourth-order valence-electron chi connectivity index (χ4n) is 5.35. The first-order valence-electron chi connectivity index (χ1n) is 15.7. The van der Waals surface area contributed by atoms with Crippen LogP contribution >= 0.6 is 34.8 Å². The molecule has 250 valence electrons. The van der Waals surface area contributed by atoms with E-state index in [2.05, 4.69) is 30.6 Å². The highest BCUT2D eigenvalue weighted by molar-refractivity contribution is 6.33. The number of halogens is 3. The number of nitrogens with one attached hydrogen (secondary N) is 4. The predicted molar refractivity (Wildman–Crippen MR) is 207 cm³/mol. The van der Waals surface area contributed by atoms with Crippen molar-refractivity contribution in [2.24, 2.45) is 0 Å². The Morgan fingerprint density at radius 1 is 0.510 bits per heavy atom. The highest BCUT2D eigenvalue weighted by Crippen LogP contribution is 2.28. The topological polar surface area (TPSA) is 116 Å². The van der Waals surface area contributed by atoms with Crippen molar-refractivity contribution in [1.29, 1.82) is 0 Å². The molecule has 2 amide bonds. The average Bonchev–Trinajstić information content (AvgIpc) is 3.76. The summed E-state index contributed by atoms with van der Waals surface area (Å²) in [5.41, 5.74) is 7.35. The van der Waals surface area contributed by atoms with Crippen molar-refractivity contribution in [3.05, 3.63) is 166 Å². The van der Waals surface area contributed by atoms with E-state index in [1.165, 1.54) is 0 Å². The molecule has 51 heavy (non-hydrogen) atoms. The molecule has 0 atom stereocenters. The highest BCUT2D eigenvalue weighted by atomic mass is 35.5. The summed E-state index contributed by atoms with van der Waals surface area (Å²) in [6.07, 6.45) is 0. The van der Waals surface area contributed by atoms with Crippen molar-refractivity contribution in [3.8, 4) is 22.8 Å². The number of amides is 2. The molecule has 2 heterocycles. The van der Waals surface area contributed by atoms with Gasteiger partial charge in [0.05, 0.1) is 27.1 Å². The third-order valence-electron chi connectivity index (χ3n) is 7.83. The molecule has 2 aromatic heterocycles. The molecule has 0 unspecified atom stereocenters. The molecule has 11 heteroatoms. The molecule has 0 spiro atoms. The number of H-pyrrole nitrogens is 2. The Morgan fingerprint density at radius 2 is 1.02 bits per heavy atom. The van der Waals surface area contributed by atoms with Gasteiger partial charge in [0.15, 0.2) is 0 Å². The zero-order valence-electron chi connectivity index (χ0n) is 26.6. The van der Waals surface area contributed by atoms with Crippen LogP contribution in [0, 0.1) is 0 Å². The lowest BCUT2D eigenvalue weighted by molar-refractivity contribution is 0.101. The van der Waals surface area contributed by atoms with Gasteiger partial charge in [-0.25, -0.2) is 9.97 Å². The van der Waals surface area contributed by atoms with Crippen molar-refractivity contribution >= 4 is 80.1 Å². The molecule has 0 saturated heterocycles. The minimum Gasteiger partial charge on any atom is -0.338 e. The van der Waals surface area contributed by atoms with Gasteiger partial charge in [-0.15, -0.1) is 0 Å². The molecule has 0 aliphatic rings. The number of carbonyl (C=O) groups excluding carboxylic acids is 2. The van der Waals surface area contributed by atoms with Gasteiger partial charge in [-0.1, -0.05) is 89.4 Å². The summed E-state index contributed by atoms with van der Waals surface area (Å²) in [7, 11) is 0. The molecule has 0 bridgehead atoms. The largest absolute Gasteiger partial charge is 0.338 e. The summed E-state index contributed by atoms with van der Waals surface area (Å²) in [5, 5.41) is 7.44. The maximum atomic E-state index is 12.5. The number of hydrogen-bond donors (Lipinski definition) is 4. The standard InChI is InChI=1S/C20H13Cl2N3O.C20H14ClN3O/c21-13-4-3-5-14(11-13)23-20(26)12-8-9-17-18(10-12)25-19(24-17)15-6-1-2-7-16(15)22;21-15-7-4-8-16(12-15)22-20(25)14-9-10-17-18(11-14)24-19(23-17)13-5-2-1-3-6-13/h1-11H,(H,23,26)(H,24,25);1-12H,(H,22,25)(H,23,24). The van der Waals surface area contributed by atoms with Crippen molar-refractivity contribution < 1.29 is 9.59 Å². The summed E-state index contributed by atoms with van der Waals surface area (Å²) in [6, 6.07) is 42.1. The molecule has 4 N–H and O–H groups in total. The van der Waals surface area contributed by atoms with E-state index in [-0.39, 0.29) is 11.8 Å². The number of carbonyl (C=O) groups is 2. The van der Waals surface area contributed by atoms with Crippen LogP contribution in [0.25, 0.3) is 44.8 Å². The summed E-state index contributed by atoms with van der Waals surface area (Å²) in [6.45, 7) is 0. The van der Waals surface area contributed by atoms with E-state index in [0.29, 0.717) is 43.4 Å². The van der Waals surface area contributed by atoms with E-state index in [9.17, 15) is 9.59 Å². The lowest BCUT2D eigenvalue weighted by atomic mass is 10.2. The number of benzene rings is 6. The van der Waals surface area contributed by atoms with Crippen LogP contribution in [0.1, 0.15) is 20.7 Å². The van der Waals surface area contributed by atoms with E-state index >= 15 is 0 Å². The van der Waals surface area contributed by atoms with Crippen LogP contribution < -0.4 is 10.6 Å². The Labute approximate surface area is 307 Å². The number of rotatable bonds is 6. The third kappa shape index (κ3) is 7.95. The smallest absolute Gasteiger partial charge is 0.255 e. The molecule has 0 aliphatic carbocycles. The van der Waals surface area contributed by atoms with Gasteiger partial charge in [-0.2, -0.15) is 0 Å². The van der Waals surface area contributed by atoms with Crippen molar-refractivity contribution in [2.45, 2.75) is 0 Å². The number of hydrogen-bond acceptors (Lipinski definition) is 4. The number of aromatic amines is 2. The van der Waals surface area contributed by atoms with Crippen LogP contribution in [0.3, 0.4) is 0 Å². The Bertz CT molecular complexity index is 2530. The SMILES string of the molecule is O=C(Nc1cccc(Cl)c1)c1ccc2nc(-c3ccccc3)[nH]c2c1.O=C(Nc1cccc(Cl)c1)c1ccc2nc(-c3ccccc3Cl)[nH]c2c1. The zero-order valence-corrected chi connectivity index (χ0v) is 28.9. The number of aromatic nitrogens is 4. The van der Waals surface area contributed by atoms with Gasteiger partial charge >= 0.3 is 0 Å². The minimum absolute atomic E-state index is 0.194. The molecule has 0 radical (unpaired) electrons. The Kier molecular flexibility index (Phi) is 9.81. The van der Waals surface area contributed by atoms with Crippen molar-refractivity contribution in [2.75, 3.05) is 10.6 Å². The molecular weight excluding hydrogens is 703 g/mol. The van der Waals surface area contributed by atoms with Crippen LogP contribution in [0.5, 0.6) is 0 Å². The average molecular weight is 730 g/mol. The van der Waals surface area contributed by atoms with Gasteiger partial charge in [-0.05, 0) is 84.9 Å². The Hall–Kier alpha value is -5.93. The zero-order chi connectivity index (χ0) is 35.3. The fraction of sp³-hybridized carbons (Fsp3) is 0. The molecular formula is C40H27Cl3N6O2. The molecule has 6 aromatic carbocycles. The monoisotopic (exact) mass is 728 g/mol. The van der Waals surface area contributed by atoms with E-state index in [0.717, 1.165) is 39.0 Å². The second kappa shape index (κ2) is 14.9. The lowest BCUT2D eigenvalue weighted by Crippen LogP contribution is -2.11. The van der Waals surface area contributed by atoms with Gasteiger partial charge in [0.2, 0.25) is 0 Å². The van der Waals surface area contributed by atoms with Gasteiger partial charge in [-0.3, -0.25) is 9.59 Å². The van der Waals surface area contributed by atoms with Crippen LogP contribution in [0.4, 0.5) is 11.4 Å². The summed E-state index contributed by atoms with van der Waals surface area (Å²) < 4.78 is 0. The quantitative estimate of drug-likeness (QED) is 0.136. The molecule has 8 aromatic rings. The van der Waals surface area contributed by atoms with E-state index in [1.54, 1.807) is 78.9 Å². The van der Waals surface area contributed by atoms with E-state index in [1.807, 2.05) is 60.7 Å². The second-order valence-electron chi connectivity index (χ2n) is 11.4. The summed E-state index contributed by atoms with van der Waals surface area (Å²) in [5.74, 6) is 1.03. The van der Waals surface area contributed by atoms with Crippen molar-refractivity contribution in [1.82, 2.24) is 19.9 Å². The van der Waals surface area contributed by atoms with Gasteiger partial charge in [0, 0.05) is 43.7 Å². The van der Waals surface area contributed by atoms with Crippen molar-refractivity contribution in [3.63, 3.8) is 0 Å². The molecule has 0 saturated carbocycles. The first kappa shape index (κ1) is 33.6. The fourth-order valence-corrected chi connectivity index (χ4v) is 5.96. The molecule has 0 aliphatic heterocycles. The van der Waals surface area contributed by atoms with Gasteiger partial charge in [0.25, 0.3) is 11.8 Å². The molecule has 8 nitrogen and oxygen atoms in total. The molecule has 0 fully saturated rings. The number of anilines is 2. The van der Waals surface area contributed by atoms with Crippen LogP contribution in [-0.4, -0.2) is 31.8 Å². The summed E-state index contributed by atoms with van der Waals surface area (Å²) >= 11 is 18.1. The normalized spacial score (nSPS) is 10.8. The number of fused-ring (bicyclic) bond motifs is 2. The Morgan fingerprint density at radius 3 is 1.57 bits per heavy atom. The van der Waals surface area contributed by atoms with Crippen LogP contribution in [-0.2, 0) is 0 Å². The lowest BCUT2D eigenvalue weighted by Gasteiger charge is -2.05. The third-order valence-corrected chi connectivity index (χ3v) is 8.63. The Balaban J connectivity index is 0.000000159. The predicted octanol–water partition coefficient (Wildman–Crippen LogP) is 10.9. The highest BCUT2D eigenvalue weighted by Gasteiger charge is 2.13. The van der Waals surface area contributed by atoms with Gasteiger partial charge in [0.1, 0.15) is 11.6 Å². The minimum atomic E-state index is -0.219. The van der Waals surface area contributed by atoms with E-state index in [4.69, 9.17) is 34.8 Å².